The average molecular weight is 433 g/mol. The highest BCUT2D eigenvalue weighted by molar-refractivity contribution is 7.92. The second-order valence-electron chi connectivity index (χ2n) is 7.14. The molecule has 0 radical (unpaired) electrons. The van der Waals surface area contributed by atoms with Gasteiger partial charge in [0.25, 0.3) is 15.9 Å². The monoisotopic (exact) mass is 432 g/mol. The number of piperazine rings is 1. The molecule has 0 atom stereocenters. The Hall–Kier alpha value is -2.62. The molecule has 1 saturated heterocycles. The van der Waals surface area contributed by atoms with Crippen molar-refractivity contribution in [3.63, 3.8) is 0 Å². The van der Waals surface area contributed by atoms with Gasteiger partial charge in [0.1, 0.15) is 0 Å². The van der Waals surface area contributed by atoms with Crippen LogP contribution in [0.5, 0.6) is 0 Å². The molecule has 2 aromatic rings. The normalized spacial score (nSPS) is 14.4. The Balaban J connectivity index is 1.88. The third-order valence-corrected chi connectivity index (χ3v) is 6.27. The fourth-order valence-corrected chi connectivity index (χ4v) is 4.31. The number of benzene rings is 2. The van der Waals surface area contributed by atoms with Crippen molar-refractivity contribution in [3.05, 3.63) is 53.6 Å². The van der Waals surface area contributed by atoms with Gasteiger partial charge in [-0.15, -0.1) is 0 Å². The van der Waals surface area contributed by atoms with Crippen molar-refractivity contribution < 1.29 is 17.9 Å². The zero-order chi connectivity index (χ0) is 21.6. The van der Waals surface area contributed by atoms with Gasteiger partial charge in [0, 0.05) is 51.2 Å². The number of amides is 1. The van der Waals surface area contributed by atoms with E-state index in [4.69, 9.17) is 4.74 Å². The summed E-state index contributed by atoms with van der Waals surface area (Å²) in [5.41, 5.74) is 2.53. The maximum Gasteiger partial charge on any atom is 0.261 e. The Morgan fingerprint density at radius 3 is 2.50 bits per heavy atom. The summed E-state index contributed by atoms with van der Waals surface area (Å²) < 4.78 is 33.1. The van der Waals surface area contributed by atoms with Crippen LogP contribution in [-0.4, -0.2) is 60.8 Å². The molecule has 1 aliphatic heterocycles. The Morgan fingerprint density at radius 2 is 1.83 bits per heavy atom. The highest BCUT2D eigenvalue weighted by Gasteiger charge is 2.21. The molecule has 9 heteroatoms. The van der Waals surface area contributed by atoms with Gasteiger partial charge in [-0.3, -0.25) is 9.52 Å². The lowest BCUT2D eigenvalue weighted by Gasteiger charge is -2.31. The first kappa shape index (κ1) is 22.1. The number of anilines is 2. The molecule has 0 saturated carbocycles. The summed E-state index contributed by atoms with van der Waals surface area (Å²) in [5, 5.41) is 6.11. The number of hydrogen-bond acceptors (Lipinski definition) is 6. The number of aryl methyl sites for hydroxylation is 1. The van der Waals surface area contributed by atoms with E-state index in [1.807, 2.05) is 6.92 Å². The molecule has 3 N–H and O–H groups in total. The Labute approximate surface area is 177 Å². The minimum absolute atomic E-state index is 0.172. The van der Waals surface area contributed by atoms with Crippen LogP contribution < -0.4 is 20.3 Å². The SMILES string of the molecule is COCCNC(=O)c1cc(NS(=O)(=O)c2ccc(C)cc2)ccc1N1CCNCC1. The van der Waals surface area contributed by atoms with E-state index < -0.39 is 10.0 Å². The first-order chi connectivity index (χ1) is 14.4. The number of methoxy groups -OCH3 is 1. The molecule has 0 bridgehead atoms. The van der Waals surface area contributed by atoms with Crippen molar-refractivity contribution in [2.24, 2.45) is 0 Å². The molecular formula is C21H28N4O4S. The topological polar surface area (TPSA) is 99.8 Å². The molecule has 30 heavy (non-hydrogen) atoms. The van der Waals surface area contributed by atoms with Crippen molar-refractivity contribution in [3.8, 4) is 0 Å². The summed E-state index contributed by atoms with van der Waals surface area (Å²) in [6, 6.07) is 11.7. The van der Waals surface area contributed by atoms with Crippen molar-refractivity contribution in [1.29, 1.82) is 0 Å². The Kier molecular flexibility index (Phi) is 7.30. The van der Waals surface area contributed by atoms with Crippen molar-refractivity contribution >= 4 is 27.3 Å². The number of carbonyl (C=O) groups excluding carboxylic acids is 1. The standard InChI is InChI=1S/C21H28N4O4S/c1-16-3-6-18(7-4-16)30(27,28)24-17-5-8-20(25-12-9-22-10-13-25)19(15-17)21(26)23-11-14-29-2/h3-8,15,22,24H,9-14H2,1-2H3,(H,23,26). The van der Waals surface area contributed by atoms with Gasteiger partial charge < -0.3 is 20.3 Å². The molecule has 2 aromatic carbocycles. The third-order valence-electron chi connectivity index (χ3n) is 4.87. The van der Waals surface area contributed by atoms with Gasteiger partial charge in [0.05, 0.1) is 17.1 Å². The Morgan fingerprint density at radius 1 is 1.13 bits per heavy atom. The van der Waals surface area contributed by atoms with Crippen LogP contribution in [-0.2, 0) is 14.8 Å². The molecule has 1 amide bonds. The van der Waals surface area contributed by atoms with Gasteiger partial charge in [0.15, 0.2) is 0 Å². The second-order valence-corrected chi connectivity index (χ2v) is 8.82. The summed E-state index contributed by atoms with van der Waals surface area (Å²) in [6.07, 6.45) is 0. The van der Waals surface area contributed by atoms with E-state index >= 15 is 0 Å². The summed E-state index contributed by atoms with van der Waals surface area (Å²) in [5.74, 6) is -0.267. The van der Waals surface area contributed by atoms with E-state index in [1.54, 1.807) is 49.6 Å². The molecule has 1 aliphatic rings. The molecule has 0 spiro atoms. The predicted molar refractivity (Wildman–Crippen MR) is 118 cm³/mol. The van der Waals surface area contributed by atoms with E-state index in [9.17, 15) is 13.2 Å². The van der Waals surface area contributed by atoms with Crippen LogP contribution in [0.15, 0.2) is 47.4 Å². The van der Waals surface area contributed by atoms with Crippen LogP contribution in [0, 0.1) is 6.92 Å². The van der Waals surface area contributed by atoms with Crippen LogP contribution in [0.2, 0.25) is 0 Å². The predicted octanol–water partition coefficient (Wildman–Crippen LogP) is 1.58. The van der Waals surface area contributed by atoms with Crippen molar-refractivity contribution in [2.75, 3.05) is 56.1 Å². The molecule has 0 aromatic heterocycles. The van der Waals surface area contributed by atoms with Crippen molar-refractivity contribution in [2.45, 2.75) is 11.8 Å². The van der Waals surface area contributed by atoms with Crippen LogP contribution >= 0.6 is 0 Å². The van der Waals surface area contributed by atoms with E-state index in [0.717, 1.165) is 37.4 Å². The Bertz CT molecular complexity index is 971. The molecule has 8 nitrogen and oxygen atoms in total. The van der Waals surface area contributed by atoms with Gasteiger partial charge in [-0.05, 0) is 37.3 Å². The maximum absolute atomic E-state index is 12.8. The largest absolute Gasteiger partial charge is 0.383 e. The molecule has 0 aliphatic carbocycles. The van der Waals surface area contributed by atoms with Crippen LogP contribution in [0.25, 0.3) is 0 Å². The highest BCUT2D eigenvalue weighted by Crippen LogP contribution is 2.26. The zero-order valence-corrected chi connectivity index (χ0v) is 18.1. The number of nitrogens with zero attached hydrogens (tertiary/aromatic N) is 1. The fraction of sp³-hybridized carbons (Fsp3) is 0.381. The van der Waals surface area contributed by atoms with Gasteiger partial charge in [0.2, 0.25) is 0 Å². The molecule has 1 heterocycles. The summed E-state index contributed by atoms with van der Waals surface area (Å²) in [7, 11) is -2.19. The smallest absolute Gasteiger partial charge is 0.261 e. The number of nitrogens with one attached hydrogen (secondary N) is 3. The quantitative estimate of drug-likeness (QED) is 0.548. The maximum atomic E-state index is 12.8. The zero-order valence-electron chi connectivity index (χ0n) is 17.3. The van der Waals surface area contributed by atoms with E-state index in [0.29, 0.717) is 24.4 Å². The fourth-order valence-electron chi connectivity index (χ4n) is 3.26. The van der Waals surface area contributed by atoms with E-state index in [1.165, 1.54) is 0 Å². The molecule has 1 fully saturated rings. The van der Waals surface area contributed by atoms with Gasteiger partial charge in [-0.25, -0.2) is 8.42 Å². The van der Waals surface area contributed by atoms with E-state index in [-0.39, 0.29) is 10.8 Å². The lowest BCUT2D eigenvalue weighted by molar-refractivity contribution is 0.0937. The van der Waals surface area contributed by atoms with Crippen molar-refractivity contribution in [1.82, 2.24) is 10.6 Å². The molecular weight excluding hydrogens is 404 g/mol. The average Bonchev–Trinajstić information content (AvgIpc) is 2.74. The lowest BCUT2D eigenvalue weighted by atomic mass is 10.1. The highest BCUT2D eigenvalue weighted by atomic mass is 32.2. The molecule has 0 unspecified atom stereocenters. The third kappa shape index (κ3) is 5.50. The lowest BCUT2D eigenvalue weighted by Crippen LogP contribution is -2.44. The molecule has 3 rings (SSSR count). The van der Waals surface area contributed by atoms with Crippen LogP contribution in [0.3, 0.4) is 0 Å². The van der Waals surface area contributed by atoms with Gasteiger partial charge >= 0.3 is 0 Å². The number of hydrogen-bond donors (Lipinski definition) is 3. The van der Waals surface area contributed by atoms with Gasteiger partial charge in [-0.2, -0.15) is 0 Å². The number of rotatable bonds is 8. The van der Waals surface area contributed by atoms with Crippen LogP contribution in [0.4, 0.5) is 11.4 Å². The minimum Gasteiger partial charge on any atom is -0.383 e. The first-order valence-electron chi connectivity index (χ1n) is 9.87. The second kappa shape index (κ2) is 9.92. The number of carbonyl (C=O) groups is 1. The molecule has 162 valence electrons. The summed E-state index contributed by atoms with van der Waals surface area (Å²) in [4.78, 5) is 15.1. The van der Waals surface area contributed by atoms with Gasteiger partial charge in [-0.1, -0.05) is 17.7 Å². The number of ether oxygens (including phenoxy) is 1. The number of sulfonamides is 1. The first-order valence-corrected chi connectivity index (χ1v) is 11.4. The minimum atomic E-state index is -3.76. The van der Waals surface area contributed by atoms with E-state index in [2.05, 4.69) is 20.3 Å². The summed E-state index contributed by atoms with van der Waals surface area (Å²) in [6.45, 7) is 5.86. The summed E-state index contributed by atoms with van der Waals surface area (Å²) >= 11 is 0. The van der Waals surface area contributed by atoms with Crippen LogP contribution in [0.1, 0.15) is 15.9 Å².